The Morgan fingerprint density at radius 1 is 1.32 bits per heavy atom. The summed E-state index contributed by atoms with van der Waals surface area (Å²) >= 11 is 0. The predicted octanol–water partition coefficient (Wildman–Crippen LogP) is 0.789. The molecule has 1 aliphatic heterocycles. The van der Waals surface area contributed by atoms with E-state index in [2.05, 4.69) is 4.28 Å². The normalized spacial score (nSPS) is 29.2. The Hall–Kier alpha value is -0.890. The number of alkyl halides is 3. The molecule has 10 heteroatoms. The Bertz CT molecular complexity index is 461. The fourth-order valence-electron chi connectivity index (χ4n) is 1.91. The largest absolute Gasteiger partial charge is 0.528 e. The van der Waals surface area contributed by atoms with E-state index in [4.69, 9.17) is 5.26 Å². The molecule has 0 N–H and O–H groups in total. The van der Waals surface area contributed by atoms with Gasteiger partial charge in [0, 0.05) is 18.9 Å². The highest BCUT2D eigenvalue weighted by Gasteiger charge is 2.55. The second-order valence-electron chi connectivity index (χ2n) is 4.61. The van der Waals surface area contributed by atoms with Crippen molar-refractivity contribution < 1.29 is 30.5 Å². The third kappa shape index (κ3) is 3.56. The van der Waals surface area contributed by atoms with E-state index >= 15 is 0 Å². The van der Waals surface area contributed by atoms with Crippen molar-refractivity contribution in [3.8, 4) is 6.19 Å². The summed E-state index contributed by atoms with van der Waals surface area (Å²) in [5.74, 6) is 0. The molecular weight excluding hydrogens is 287 g/mol. The monoisotopic (exact) mass is 302 g/mol. The van der Waals surface area contributed by atoms with Crippen LogP contribution in [0.2, 0.25) is 0 Å². The minimum absolute atomic E-state index is 0.0943. The lowest BCUT2D eigenvalue weighted by molar-refractivity contribution is -1.03. The summed E-state index contributed by atoms with van der Waals surface area (Å²) in [6, 6.07) is 0.0943. The van der Waals surface area contributed by atoms with Crippen molar-refractivity contribution in [2.45, 2.75) is 24.4 Å². The highest BCUT2D eigenvalue weighted by Crippen LogP contribution is 2.30. The van der Waals surface area contributed by atoms with Gasteiger partial charge >= 0.3 is 21.8 Å². The molecule has 1 rings (SSSR count). The van der Waals surface area contributed by atoms with E-state index in [0.29, 0.717) is 12.8 Å². The Kier molecular flexibility index (Phi) is 4.46. The third-order valence-corrected chi connectivity index (χ3v) is 4.13. The number of piperidine rings is 1. The van der Waals surface area contributed by atoms with Crippen LogP contribution in [0.1, 0.15) is 12.8 Å². The lowest BCUT2D eigenvalue weighted by atomic mass is 10.0. The van der Waals surface area contributed by atoms with Crippen molar-refractivity contribution >= 4 is 10.1 Å². The molecule has 1 heterocycles. The standard InChI is InChI=1S/C9H15F3N3O3S/c1-14(2)8-3-5-15(7-13,6-4-8)18-19(16,17)9(10,11)12/h8H,3-6H2,1-2H3/q+1. The van der Waals surface area contributed by atoms with Crippen LogP contribution in [0.5, 0.6) is 0 Å². The maximum absolute atomic E-state index is 12.3. The van der Waals surface area contributed by atoms with Gasteiger partial charge in [0.15, 0.2) is 0 Å². The van der Waals surface area contributed by atoms with E-state index in [9.17, 15) is 21.6 Å². The van der Waals surface area contributed by atoms with Crippen molar-refractivity contribution in [1.82, 2.24) is 4.90 Å². The molecule has 6 nitrogen and oxygen atoms in total. The van der Waals surface area contributed by atoms with Crippen LogP contribution in [0.25, 0.3) is 0 Å². The number of hydrogen-bond donors (Lipinski definition) is 0. The molecule has 0 unspecified atom stereocenters. The van der Waals surface area contributed by atoms with Crippen LogP contribution in [0.3, 0.4) is 0 Å². The molecule has 0 aromatic rings. The molecule has 0 atom stereocenters. The molecule has 1 fully saturated rings. The van der Waals surface area contributed by atoms with Crippen LogP contribution in [-0.2, 0) is 14.4 Å². The van der Waals surface area contributed by atoms with Crippen LogP contribution in [0, 0.1) is 11.5 Å². The Morgan fingerprint density at radius 3 is 2.11 bits per heavy atom. The predicted molar refractivity (Wildman–Crippen MR) is 58.4 cm³/mol. The molecule has 0 saturated carbocycles. The number of nitriles is 1. The van der Waals surface area contributed by atoms with Gasteiger partial charge in [-0.05, 0) is 18.4 Å². The van der Waals surface area contributed by atoms with Gasteiger partial charge in [0.2, 0.25) is 0 Å². The maximum atomic E-state index is 12.3. The third-order valence-electron chi connectivity index (χ3n) is 3.08. The first kappa shape index (κ1) is 16.2. The van der Waals surface area contributed by atoms with E-state index in [-0.39, 0.29) is 19.1 Å². The van der Waals surface area contributed by atoms with Crippen LogP contribution < -0.4 is 0 Å². The zero-order chi connectivity index (χ0) is 14.9. The van der Waals surface area contributed by atoms with Gasteiger partial charge in [0.05, 0.1) is 0 Å². The quantitative estimate of drug-likeness (QED) is 0.438. The number of likely N-dealkylation sites (tertiary alicyclic amines) is 1. The average molecular weight is 302 g/mol. The molecule has 19 heavy (non-hydrogen) atoms. The number of rotatable bonds is 3. The second-order valence-corrected chi connectivity index (χ2v) is 6.13. The molecule has 1 saturated heterocycles. The molecule has 0 radical (unpaired) electrons. The zero-order valence-electron chi connectivity index (χ0n) is 10.5. The summed E-state index contributed by atoms with van der Waals surface area (Å²) in [6.45, 7) is -0.205. The molecule has 0 spiro atoms. The van der Waals surface area contributed by atoms with Gasteiger partial charge in [0.25, 0.3) is 0 Å². The molecule has 0 aromatic heterocycles. The minimum atomic E-state index is -5.77. The molecule has 0 bridgehead atoms. The molecular formula is C9H15F3N3O3S+. The Balaban J connectivity index is 2.85. The van der Waals surface area contributed by atoms with Crippen molar-refractivity contribution in [2.75, 3.05) is 27.2 Å². The number of nitrogens with zero attached hydrogens (tertiary/aromatic N) is 3. The summed E-state index contributed by atoms with van der Waals surface area (Å²) in [7, 11) is -2.15. The molecule has 110 valence electrons. The van der Waals surface area contributed by atoms with Gasteiger partial charge in [-0.1, -0.05) is 4.65 Å². The lowest BCUT2D eigenvalue weighted by Gasteiger charge is -2.35. The number of quaternary nitrogens is 1. The SMILES string of the molecule is CN(C)C1CC[N+](C#N)(OS(=O)(=O)C(F)(F)F)CC1. The lowest BCUT2D eigenvalue weighted by Crippen LogP contribution is -2.54. The smallest absolute Gasteiger partial charge is 0.306 e. The summed E-state index contributed by atoms with van der Waals surface area (Å²) in [4.78, 5) is 1.88. The van der Waals surface area contributed by atoms with Gasteiger partial charge in [0.1, 0.15) is 13.1 Å². The van der Waals surface area contributed by atoms with Crippen LogP contribution in [0.15, 0.2) is 0 Å². The highest BCUT2D eigenvalue weighted by molar-refractivity contribution is 7.87. The second kappa shape index (κ2) is 5.24. The highest BCUT2D eigenvalue weighted by atomic mass is 32.2. The number of halogens is 3. The van der Waals surface area contributed by atoms with Gasteiger partial charge in [-0.3, -0.25) is 0 Å². The first-order chi connectivity index (χ1) is 8.53. The van der Waals surface area contributed by atoms with Gasteiger partial charge in [-0.25, -0.2) is 0 Å². The van der Waals surface area contributed by atoms with E-state index in [1.165, 1.54) is 6.19 Å². The van der Waals surface area contributed by atoms with Crippen molar-refractivity contribution in [1.29, 1.82) is 5.26 Å². The topological polar surface area (TPSA) is 70.4 Å². The number of hydrogen-bond acceptors (Lipinski definition) is 5. The van der Waals surface area contributed by atoms with Gasteiger partial charge in [-0.15, -0.1) is 5.26 Å². The van der Waals surface area contributed by atoms with E-state index < -0.39 is 20.3 Å². The fourth-order valence-corrected chi connectivity index (χ4v) is 2.55. The average Bonchev–Trinajstić information content (AvgIpc) is 2.27. The minimum Gasteiger partial charge on any atom is -0.306 e. The summed E-state index contributed by atoms with van der Waals surface area (Å²) in [5.41, 5.74) is -5.52. The van der Waals surface area contributed by atoms with Crippen LogP contribution in [0.4, 0.5) is 13.2 Å². The van der Waals surface area contributed by atoms with E-state index in [1.54, 1.807) is 0 Å². The van der Waals surface area contributed by atoms with E-state index in [1.807, 2.05) is 19.0 Å². The molecule has 1 aliphatic rings. The Labute approximate surface area is 109 Å². The van der Waals surface area contributed by atoms with Gasteiger partial charge < -0.3 is 4.90 Å². The first-order valence-corrected chi connectivity index (χ1v) is 6.91. The Morgan fingerprint density at radius 2 is 1.79 bits per heavy atom. The van der Waals surface area contributed by atoms with Crippen molar-refractivity contribution in [3.63, 3.8) is 0 Å². The first-order valence-electron chi connectivity index (χ1n) is 5.50. The molecule has 0 aromatic carbocycles. The summed E-state index contributed by atoms with van der Waals surface area (Å²) in [6.07, 6.45) is 2.29. The molecule has 0 aliphatic carbocycles. The fraction of sp³-hybridized carbons (Fsp3) is 0.889. The van der Waals surface area contributed by atoms with Crippen LogP contribution >= 0.6 is 0 Å². The maximum Gasteiger partial charge on any atom is 0.528 e. The summed E-state index contributed by atoms with van der Waals surface area (Å²) < 4.78 is 61.7. The van der Waals surface area contributed by atoms with Crippen molar-refractivity contribution in [2.24, 2.45) is 0 Å². The number of hydroxylamine groups is 3. The molecule has 0 amide bonds. The zero-order valence-corrected chi connectivity index (χ0v) is 11.3. The van der Waals surface area contributed by atoms with Gasteiger partial charge in [-0.2, -0.15) is 21.6 Å². The van der Waals surface area contributed by atoms with Crippen molar-refractivity contribution in [3.05, 3.63) is 0 Å². The summed E-state index contributed by atoms with van der Waals surface area (Å²) in [5, 5.41) is 8.95. The van der Waals surface area contributed by atoms with Crippen LogP contribution in [-0.4, -0.2) is 56.7 Å². The van der Waals surface area contributed by atoms with E-state index in [0.717, 1.165) is 0 Å².